The Kier molecular flexibility index (Phi) is 11.5. The largest absolute Gasteiger partial charge is 0.465 e. The van der Waals surface area contributed by atoms with Crippen LogP contribution in [0.4, 0.5) is 0 Å². The van der Waals surface area contributed by atoms with E-state index in [0.29, 0.717) is 34.4 Å². The highest BCUT2D eigenvalue weighted by Crippen LogP contribution is 2.37. The number of benzene rings is 3. The SMILES string of the molecule is COOSc1ccc(/C(COC(=O)c2cccc(CO[Si](C)(C)C(C)(C)C)c2)=C(/C(=O)OC)c2ccccc2)cc1. The molecule has 0 saturated heterocycles. The van der Waals surface area contributed by atoms with Crippen LogP contribution in [-0.4, -0.2) is 41.1 Å². The molecule has 9 heteroatoms. The van der Waals surface area contributed by atoms with Crippen molar-refractivity contribution >= 4 is 43.4 Å². The third-order valence-corrected chi connectivity index (χ3v) is 12.2. The molecule has 0 bridgehead atoms. The van der Waals surface area contributed by atoms with Gasteiger partial charge in [-0.25, -0.2) is 14.5 Å². The van der Waals surface area contributed by atoms with Crippen LogP contribution in [0.1, 0.15) is 47.8 Å². The molecule has 7 nitrogen and oxygen atoms in total. The maximum Gasteiger partial charge on any atom is 0.338 e. The summed E-state index contributed by atoms with van der Waals surface area (Å²) in [5, 5.41) is 0.0794. The first kappa shape index (κ1) is 32.3. The molecule has 0 atom stereocenters. The van der Waals surface area contributed by atoms with Gasteiger partial charge in [0.25, 0.3) is 0 Å². The summed E-state index contributed by atoms with van der Waals surface area (Å²) in [6.45, 7) is 11.2. The molecule has 41 heavy (non-hydrogen) atoms. The number of carbonyl (C=O) groups is 2. The molecular formula is C32H38O7SSi. The molecule has 218 valence electrons. The maximum absolute atomic E-state index is 13.2. The predicted octanol–water partition coefficient (Wildman–Crippen LogP) is 7.73. The number of carbonyl (C=O) groups excluding carboxylic acids is 2. The van der Waals surface area contributed by atoms with E-state index in [4.69, 9.17) is 18.2 Å². The summed E-state index contributed by atoms with van der Waals surface area (Å²) in [6, 6.07) is 23.7. The number of hydrogen-bond acceptors (Lipinski definition) is 8. The van der Waals surface area contributed by atoms with Gasteiger partial charge in [-0.15, -0.1) is 0 Å². The van der Waals surface area contributed by atoms with Crippen LogP contribution in [0, 0.1) is 0 Å². The molecule has 0 fully saturated rings. The highest BCUT2D eigenvalue weighted by Gasteiger charge is 2.37. The highest BCUT2D eigenvalue weighted by atomic mass is 32.2. The Balaban J connectivity index is 1.90. The van der Waals surface area contributed by atoms with E-state index in [2.05, 4.69) is 38.8 Å². The van der Waals surface area contributed by atoms with E-state index in [9.17, 15) is 9.59 Å². The topological polar surface area (TPSA) is 80.3 Å². The van der Waals surface area contributed by atoms with Gasteiger partial charge >= 0.3 is 11.9 Å². The van der Waals surface area contributed by atoms with Crippen LogP contribution in [0.3, 0.4) is 0 Å². The second kappa shape index (κ2) is 14.6. The summed E-state index contributed by atoms with van der Waals surface area (Å²) < 4.78 is 22.2. The molecule has 0 spiro atoms. The molecule has 0 aromatic heterocycles. The maximum atomic E-state index is 13.2. The summed E-state index contributed by atoms with van der Waals surface area (Å²) in [4.78, 5) is 31.7. The molecular weight excluding hydrogens is 556 g/mol. The van der Waals surface area contributed by atoms with Gasteiger partial charge in [-0.05, 0) is 59.1 Å². The van der Waals surface area contributed by atoms with Gasteiger partial charge in [0.2, 0.25) is 0 Å². The van der Waals surface area contributed by atoms with Crippen molar-refractivity contribution in [2.75, 3.05) is 20.8 Å². The molecule has 0 unspecified atom stereocenters. The van der Waals surface area contributed by atoms with E-state index in [0.717, 1.165) is 22.5 Å². The van der Waals surface area contributed by atoms with Crippen molar-refractivity contribution in [1.29, 1.82) is 0 Å². The minimum atomic E-state index is -1.95. The van der Waals surface area contributed by atoms with E-state index in [1.807, 2.05) is 66.7 Å². The molecule has 0 aliphatic carbocycles. The molecule has 0 radical (unpaired) electrons. The minimum Gasteiger partial charge on any atom is -0.465 e. The van der Waals surface area contributed by atoms with E-state index in [-0.39, 0.29) is 11.6 Å². The average molecular weight is 595 g/mol. The number of methoxy groups -OCH3 is 1. The average Bonchev–Trinajstić information content (AvgIpc) is 2.97. The first-order valence-corrected chi connectivity index (χ1v) is 16.9. The first-order valence-electron chi connectivity index (χ1n) is 13.2. The lowest BCUT2D eigenvalue weighted by atomic mass is 9.95. The number of hydrogen-bond donors (Lipinski definition) is 0. The van der Waals surface area contributed by atoms with Crippen LogP contribution in [0.15, 0.2) is 83.8 Å². The lowest BCUT2D eigenvalue weighted by Gasteiger charge is -2.36. The summed E-state index contributed by atoms with van der Waals surface area (Å²) in [7, 11) is 0.801. The Morgan fingerprint density at radius 3 is 2.10 bits per heavy atom. The van der Waals surface area contributed by atoms with Crippen molar-refractivity contribution < 1.29 is 32.7 Å². The van der Waals surface area contributed by atoms with Crippen molar-refractivity contribution in [2.45, 2.75) is 50.4 Å². The Hall–Kier alpha value is -3.21. The number of ether oxygens (including phenoxy) is 2. The third-order valence-electron chi connectivity index (χ3n) is 7.07. The lowest BCUT2D eigenvalue weighted by Crippen LogP contribution is -2.40. The predicted molar refractivity (Wildman–Crippen MR) is 164 cm³/mol. The van der Waals surface area contributed by atoms with Crippen LogP contribution in [-0.2, 0) is 34.5 Å². The number of esters is 2. The molecule has 0 heterocycles. The van der Waals surface area contributed by atoms with Gasteiger partial charge in [-0.1, -0.05) is 75.4 Å². The smallest absolute Gasteiger partial charge is 0.338 e. The highest BCUT2D eigenvalue weighted by molar-refractivity contribution is 7.94. The molecule has 3 aromatic carbocycles. The Morgan fingerprint density at radius 2 is 1.49 bits per heavy atom. The standard InChI is InChI=1S/C32H38O7SSi/c1-32(2,3)41(6,7)38-21-23-12-11-15-26(20-23)30(33)37-22-28(24-16-18-27(19-17-24)40-39-36-5)29(31(34)35-4)25-13-9-8-10-14-25/h8-20H,21-22H2,1-7H3/b29-28+. The van der Waals surface area contributed by atoms with Gasteiger partial charge in [-0.3, -0.25) is 0 Å². The van der Waals surface area contributed by atoms with E-state index in [1.165, 1.54) is 14.2 Å². The zero-order valence-corrected chi connectivity index (χ0v) is 26.5. The van der Waals surface area contributed by atoms with Crippen LogP contribution >= 0.6 is 12.0 Å². The fourth-order valence-corrected chi connectivity index (χ4v) is 5.05. The molecule has 0 aliphatic rings. The Morgan fingerprint density at radius 1 is 0.829 bits per heavy atom. The second-order valence-electron chi connectivity index (χ2n) is 10.9. The van der Waals surface area contributed by atoms with E-state index >= 15 is 0 Å². The minimum absolute atomic E-state index is 0.0794. The van der Waals surface area contributed by atoms with Crippen LogP contribution in [0.25, 0.3) is 11.1 Å². The lowest BCUT2D eigenvalue weighted by molar-refractivity contribution is -0.160. The third kappa shape index (κ3) is 8.88. The van der Waals surface area contributed by atoms with Crippen LogP contribution < -0.4 is 0 Å². The summed E-state index contributed by atoms with van der Waals surface area (Å²) in [5.74, 6) is -1.04. The van der Waals surface area contributed by atoms with Gasteiger partial charge in [0, 0.05) is 10.5 Å². The van der Waals surface area contributed by atoms with E-state index < -0.39 is 20.3 Å². The van der Waals surface area contributed by atoms with Crippen molar-refractivity contribution in [3.8, 4) is 0 Å². The fourth-order valence-electron chi connectivity index (χ4n) is 3.70. The zero-order chi connectivity index (χ0) is 30.0. The first-order chi connectivity index (χ1) is 19.5. The molecule has 0 N–H and O–H groups in total. The molecule has 0 saturated carbocycles. The van der Waals surface area contributed by atoms with Crippen molar-refractivity contribution in [3.05, 3.63) is 101 Å². The Labute approximate surface area is 248 Å². The summed E-state index contributed by atoms with van der Waals surface area (Å²) >= 11 is 1.06. The summed E-state index contributed by atoms with van der Waals surface area (Å²) in [5.41, 5.74) is 3.47. The van der Waals surface area contributed by atoms with Gasteiger partial charge in [-0.2, -0.15) is 4.33 Å². The molecule has 3 aromatic rings. The van der Waals surface area contributed by atoms with Gasteiger partial charge in [0.05, 0.1) is 44.0 Å². The van der Waals surface area contributed by atoms with Crippen molar-refractivity contribution in [1.82, 2.24) is 0 Å². The monoisotopic (exact) mass is 594 g/mol. The normalized spacial score (nSPS) is 12.5. The number of rotatable bonds is 12. The van der Waals surface area contributed by atoms with Crippen molar-refractivity contribution in [3.63, 3.8) is 0 Å². The van der Waals surface area contributed by atoms with E-state index in [1.54, 1.807) is 12.1 Å². The van der Waals surface area contributed by atoms with Crippen molar-refractivity contribution in [2.24, 2.45) is 0 Å². The molecule has 0 amide bonds. The van der Waals surface area contributed by atoms with Crippen LogP contribution in [0.5, 0.6) is 0 Å². The quantitative estimate of drug-likeness (QED) is 0.0401. The van der Waals surface area contributed by atoms with Gasteiger partial charge in [0.15, 0.2) is 8.32 Å². The van der Waals surface area contributed by atoms with Gasteiger partial charge in [0.1, 0.15) is 6.61 Å². The zero-order valence-electron chi connectivity index (χ0n) is 24.7. The molecule has 3 rings (SSSR count). The van der Waals surface area contributed by atoms with Crippen LogP contribution in [0.2, 0.25) is 18.1 Å². The molecule has 0 aliphatic heterocycles. The fraction of sp³-hybridized carbons (Fsp3) is 0.312. The second-order valence-corrected chi connectivity index (χ2v) is 16.5. The summed E-state index contributed by atoms with van der Waals surface area (Å²) in [6.07, 6.45) is 0. The Bertz CT molecular complexity index is 1350. The van der Waals surface area contributed by atoms with Gasteiger partial charge < -0.3 is 13.9 Å².